The molecule has 4 rings (SSSR count). The molecule has 1 unspecified atom stereocenters. The van der Waals surface area contributed by atoms with E-state index in [1.165, 1.54) is 11.3 Å². The van der Waals surface area contributed by atoms with E-state index in [1.54, 1.807) is 5.38 Å². The van der Waals surface area contributed by atoms with Crippen molar-refractivity contribution in [3.8, 4) is 11.3 Å². The van der Waals surface area contributed by atoms with Crippen molar-refractivity contribution in [2.24, 2.45) is 5.73 Å². The van der Waals surface area contributed by atoms with Gasteiger partial charge in [-0.05, 0) is 12.8 Å². The quantitative estimate of drug-likeness (QED) is 0.693. The minimum atomic E-state index is -0.162. The molecule has 3 aromatic rings. The van der Waals surface area contributed by atoms with Gasteiger partial charge in [-0.25, -0.2) is 9.97 Å². The number of hydrogen-bond acceptors (Lipinski definition) is 6. The molecule has 1 aromatic carbocycles. The average Bonchev–Trinajstić information content (AvgIpc) is 3.46. The van der Waals surface area contributed by atoms with Gasteiger partial charge in [0.1, 0.15) is 28.2 Å². The Balaban J connectivity index is 1.67. The van der Waals surface area contributed by atoms with E-state index < -0.39 is 0 Å². The largest absolute Gasteiger partial charge is 0.442 e. The molecule has 0 spiro atoms. The lowest BCUT2D eigenvalue weighted by Gasteiger charge is -2.21. The second-order valence-electron chi connectivity index (χ2n) is 7.27. The first kappa shape index (κ1) is 18.8. The lowest BCUT2D eigenvalue weighted by atomic mass is 10.0. The third-order valence-corrected chi connectivity index (χ3v) is 5.86. The Morgan fingerprint density at radius 2 is 2.11 bits per heavy atom. The second kappa shape index (κ2) is 7.85. The maximum atomic E-state index is 13.0. The average molecular weight is 397 g/mol. The summed E-state index contributed by atoms with van der Waals surface area (Å²) in [5.74, 6) is 1.60. The van der Waals surface area contributed by atoms with Crippen LogP contribution in [0.1, 0.15) is 65.8 Å². The summed E-state index contributed by atoms with van der Waals surface area (Å²) < 4.78 is 6.21. The number of rotatable bonds is 5. The number of nitrogens with zero attached hydrogens (tertiary/aromatic N) is 3. The van der Waals surface area contributed by atoms with E-state index in [2.05, 4.69) is 18.8 Å². The lowest BCUT2D eigenvalue weighted by Crippen LogP contribution is -2.31. The number of amides is 1. The summed E-state index contributed by atoms with van der Waals surface area (Å²) in [7, 11) is 0. The smallest absolute Gasteiger partial charge is 0.274 e. The van der Waals surface area contributed by atoms with Crippen molar-refractivity contribution in [1.29, 1.82) is 0 Å². The molecule has 2 N–H and O–H groups in total. The van der Waals surface area contributed by atoms with Crippen LogP contribution >= 0.6 is 11.3 Å². The number of oxazole rings is 1. The molecule has 6 nitrogen and oxygen atoms in total. The van der Waals surface area contributed by atoms with E-state index in [1.807, 2.05) is 35.2 Å². The number of carbonyl (C=O) groups is 1. The zero-order chi connectivity index (χ0) is 19.7. The van der Waals surface area contributed by atoms with Gasteiger partial charge in [0.2, 0.25) is 5.89 Å². The van der Waals surface area contributed by atoms with Crippen LogP contribution in [0.3, 0.4) is 0 Å². The molecule has 1 aliphatic rings. The summed E-state index contributed by atoms with van der Waals surface area (Å²) in [5, 5.41) is 2.55. The normalized spacial score (nSPS) is 16.9. The zero-order valence-corrected chi connectivity index (χ0v) is 16.9. The van der Waals surface area contributed by atoms with Crippen molar-refractivity contribution in [1.82, 2.24) is 14.9 Å². The molecule has 1 aliphatic heterocycles. The first-order valence-corrected chi connectivity index (χ1v) is 10.5. The van der Waals surface area contributed by atoms with Gasteiger partial charge in [-0.3, -0.25) is 4.79 Å². The number of nitrogens with two attached hydrogens (primary N) is 1. The van der Waals surface area contributed by atoms with Gasteiger partial charge in [-0.1, -0.05) is 44.2 Å². The number of likely N-dealkylation sites (tertiary alicyclic amines) is 1. The van der Waals surface area contributed by atoms with Gasteiger partial charge in [0.05, 0.1) is 0 Å². The van der Waals surface area contributed by atoms with Gasteiger partial charge in [0.25, 0.3) is 5.91 Å². The summed E-state index contributed by atoms with van der Waals surface area (Å²) in [6.07, 6.45) is 1.76. The third kappa shape index (κ3) is 3.47. The predicted molar refractivity (Wildman–Crippen MR) is 109 cm³/mol. The highest BCUT2D eigenvalue weighted by molar-refractivity contribution is 7.09. The maximum absolute atomic E-state index is 13.0. The number of carbonyl (C=O) groups excluding carboxylic acids is 1. The predicted octanol–water partition coefficient (Wildman–Crippen LogP) is 4.36. The zero-order valence-electron chi connectivity index (χ0n) is 16.1. The van der Waals surface area contributed by atoms with Gasteiger partial charge >= 0.3 is 0 Å². The van der Waals surface area contributed by atoms with Crippen LogP contribution < -0.4 is 5.73 Å². The number of aromatic nitrogens is 2. The molecule has 0 bridgehead atoms. The topological polar surface area (TPSA) is 85.2 Å². The Morgan fingerprint density at radius 1 is 1.32 bits per heavy atom. The van der Waals surface area contributed by atoms with Crippen molar-refractivity contribution >= 4 is 17.2 Å². The molecule has 1 atom stereocenters. The summed E-state index contributed by atoms with van der Waals surface area (Å²) >= 11 is 1.42. The molecule has 0 aliphatic carbocycles. The van der Waals surface area contributed by atoms with Crippen LogP contribution in [0.15, 0.2) is 40.1 Å². The van der Waals surface area contributed by atoms with Gasteiger partial charge in [-0.2, -0.15) is 0 Å². The molecule has 1 amide bonds. The molecule has 0 saturated carbocycles. The van der Waals surface area contributed by atoms with Gasteiger partial charge in [-0.15, -0.1) is 11.3 Å². The maximum Gasteiger partial charge on any atom is 0.274 e. The summed E-state index contributed by atoms with van der Waals surface area (Å²) in [5.41, 5.74) is 7.99. The molecule has 7 heteroatoms. The molecule has 28 heavy (non-hydrogen) atoms. The van der Waals surface area contributed by atoms with Crippen molar-refractivity contribution in [2.45, 2.75) is 45.2 Å². The van der Waals surface area contributed by atoms with Crippen LogP contribution in [0.5, 0.6) is 0 Å². The first-order valence-electron chi connectivity index (χ1n) is 9.60. The van der Waals surface area contributed by atoms with E-state index in [-0.39, 0.29) is 17.9 Å². The van der Waals surface area contributed by atoms with Crippen LogP contribution in [0, 0.1) is 0 Å². The highest BCUT2D eigenvalue weighted by atomic mass is 32.1. The second-order valence-corrected chi connectivity index (χ2v) is 8.22. The summed E-state index contributed by atoms with van der Waals surface area (Å²) in [6, 6.07) is 9.89. The van der Waals surface area contributed by atoms with Crippen LogP contribution in [0.25, 0.3) is 11.3 Å². The molecule has 3 heterocycles. The first-order chi connectivity index (χ1) is 13.6. The minimum absolute atomic E-state index is 0.0796. The Hall–Kier alpha value is -2.51. The Kier molecular flexibility index (Phi) is 5.28. The molecule has 2 aromatic heterocycles. The van der Waals surface area contributed by atoms with E-state index in [0.29, 0.717) is 24.7 Å². The lowest BCUT2D eigenvalue weighted by molar-refractivity contribution is 0.0709. The Bertz CT molecular complexity index is 964. The van der Waals surface area contributed by atoms with Crippen molar-refractivity contribution < 1.29 is 9.21 Å². The molecule has 1 fully saturated rings. The minimum Gasteiger partial charge on any atom is -0.442 e. The SMILES string of the molecule is CC(C)c1oc(C2CCCN2C(=O)c2csc(CN)n2)nc1-c1ccccc1. The third-order valence-electron chi connectivity index (χ3n) is 4.99. The standard InChI is InChI=1S/C21H24N4O2S/c1-13(2)19-18(14-7-4-3-5-8-14)24-20(27-19)16-9-6-10-25(16)21(26)15-12-28-17(11-22)23-15/h3-5,7-8,12-13,16H,6,9-11,22H2,1-2H3. The molecule has 0 radical (unpaired) electrons. The van der Waals surface area contributed by atoms with Gasteiger partial charge in [0, 0.05) is 30.0 Å². The number of thiazole rings is 1. The molecular weight excluding hydrogens is 372 g/mol. The van der Waals surface area contributed by atoms with Crippen molar-refractivity contribution in [3.05, 3.63) is 58.1 Å². The number of benzene rings is 1. The van der Waals surface area contributed by atoms with Gasteiger partial charge in [0.15, 0.2) is 0 Å². The fraction of sp³-hybridized carbons (Fsp3) is 0.381. The van der Waals surface area contributed by atoms with E-state index in [4.69, 9.17) is 15.1 Å². The summed E-state index contributed by atoms with van der Waals surface area (Å²) in [4.78, 5) is 24.0. The van der Waals surface area contributed by atoms with Crippen LogP contribution in [-0.2, 0) is 6.54 Å². The van der Waals surface area contributed by atoms with Crippen molar-refractivity contribution in [2.75, 3.05) is 6.54 Å². The summed E-state index contributed by atoms with van der Waals surface area (Å²) in [6.45, 7) is 5.22. The molecular formula is C21H24N4O2S. The molecule has 1 saturated heterocycles. The number of hydrogen-bond donors (Lipinski definition) is 1. The van der Waals surface area contributed by atoms with Crippen LogP contribution in [-0.4, -0.2) is 27.3 Å². The van der Waals surface area contributed by atoms with Crippen LogP contribution in [0.4, 0.5) is 0 Å². The Labute approximate surface area is 168 Å². The van der Waals surface area contributed by atoms with E-state index in [0.717, 1.165) is 34.9 Å². The fourth-order valence-corrected chi connectivity index (χ4v) is 4.25. The monoisotopic (exact) mass is 396 g/mol. The van der Waals surface area contributed by atoms with Gasteiger partial charge < -0.3 is 15.1 Å². The van der Waals surface area contributed by atoms with E-state index in [9.17, 15) is 4.79 Å². The van der Waals surface area contributed by atoms with E-state index >= 15 is 0 Å². The highest BCUT2D eigenvalue weighted by Crippen LogP contribution is 2.37. The highest BCUT2D eigenvalue weighted by Gasteiger charge is 2.36. The van der Waals surface area contributed by atoms with Crippen LogP contribution in [0.2, 0.25) is 0 Å². The fourth-order valence-electron chi connectivity index (χ4n) is 3.60. The Morgan fingerprint density at radius 3 is 2.79 bits per heavy atom. The van der Waals surface area contributed by atoms with Crippen molar-refractivity contribution in [3.63, 3.8) is 0 Å². The molecule has 146 valence electrons.